The quantitative estimate of drug-likeness (QED) is 0.425. The summed E-state index contributed by atoms with van der Waals surface area (Å²) in [6, 6.07) is 0. The minimum absolute atomic E-state index is 0.437. The van der Waals surface area contributed by atoms with Crippen molar-refractivity contribution in [3.8, 4) is 0 Å². The van der Waals surface area contributed by atoms with E-state index in [4.69, 9.17) is 0 Å². The van der Waals surface area contributed by atoms with Crippen molar-refractivity contribution < 1.29 is 39.9 Å². The van der Waals surface area contributed by atoms with Crippen LogP contribution in [0.15, 0.2) is 24.0 Å². The van der Waals surface area contributed by atoms with Gasteiger partial charge in [0.15, 0.2) is 0 Å². The zero-order chi connectivity index (χ0) is 15.3. The standard InChI is InChI=1S/C10H8F8O/c1-3-19-4-6-9(15,16)7(11,12)5(2)8(13,14)10(6,17)18/h4H,2-3H2,1H3. The third kappa shape index (κ3) is 1.81. The van der Waals surface area contributed by atoms with E-state index in [0.717, 1.165) is 0 Å². The second kappa shape index (κ2) is 4.11. The van der Waals surface area contributed by atoms with Gasteiger partial charge in [0.1, 0.15) is 5.57 Å². The highest BCUT2D eigenvalue weighted by Gasteiger charge is 2.81. The highest BCUT2D eigenvalue weighted by Crippen LogP contribution is 2.62. The highest BCUT2D eigenvalue weighted by atomic mass is 19.3. The van der Waals surface area contributed by atoms with Crippen molar-refractivity contribution in [2.45, 2.75) is 30.6 Å². The summed E-state index contributed by atoms with van der Waals surface area (Å²) in [4.78, 5) is 0. The molecule has 0 aromatic rings. The maximum Gasteiger partial charge on any atom is 0.344 e. The van der Waals surface area contributed by atoms with Crippen LogP contribution in [0.5, 0.6) is 0 Å². The van der Waals surface area contributed by atoms with Gasteiger partial charge < -0.3 is 4.74 Å². The van der Waals surface area contributed by atoms with Crippen LogP contribution in [0.1, 0.15) is 6.92 Å². The monoisotopic (exact) mass is 296 g/mol. The van der Waals surface area contributed by atoms with Crippen LogP contribution in [0, 0.1) is 0 Å². The molecule has 1 aliphatic carbocycles. The molecule has 9 heteroatoms. The molecular weight excluding hydrogens is 288 g/mol. The van der Waals surface area contributed by atoms with Crippen molar-refractivity contribution in [3.05, 3.63) is 24.0 Å². The largest absolute Gasteiger partial charge is 0.501 e. The van der Waals surface area contributed by atoms with Gasteiger partial charge in [0.25, 0.3) is 0 Å². The van der Waals surface area contributed by atoms with Crippen LogP contribution in [0.3, 0.4) is 0 Å². The normalized spacial score (nSPS) is 27.0. The van der Waals surface area contributed by atoms with Gasteiger partial charge in [-0.15, -0.1) is 0 Å². The van der Waals surface area contributed by atoms with Crippen molar-refractivity contribution >= 4 is 0 Å². The fourth-order valence-corrected chi connectivity index (χ4v) is 1.43. The average Bonchev–Trinajstić information content (AvgIpc) is 2.26. The Bertz CT molecular complexity index is 391. The Morgan fingerprint density at radius 2 is 1.26 bits per heavy atom. The molecule has 1 nitrogen and oxygen atoms in total. The molecule has 0 radical (unpaired) electrons. The van der Waals surface area contributed by atoms with E-state index in [2.05, 4.69) is 4.74 Å². The number of hydrogen-bond donors (Lipinski definition) is 0. The van der Waals surface area contributed by atoms with Gasteiger partial charge in [0, 0.05) is 0 Å². The summed E-state index contributed by atoms with van der Waals surface area (Å²) in [5.74, 6) is -22.1. The first kappa shape index (κ1) is 15.8. The number of halogens is 8. The van der Waals surface area contributed by atoms with Crippen LogP contribution >= 0.6 is 0 Å². The summed E-state index contributed by atoms with van der Waals surface area (Å²) < 4.78 is 110. The van der Waals surface area contributed by atoms with Gasteiger partial charge >= 0.3 is 23.7 Å². The summed E-state index contributed by atoms with van der Waals surface area (Å²) in [6.45, 7) is 2.73. The number of hydrogen-bond acceptors (Lipinski definition) is 1. The Kier molecular flexibility index (Phi) is 3.41. The molecule has 0 amide bonds. The van der Waals surface area contributed by atoms with E-state index in [1.165, 1.54) is 6.92 Å². The Labute approximate surface area is 102 Å². The van der Waals surface area contributed by atoms with Crippen LogP contribution < -0.4 is 0 Å². The van der Waals surface area contributed by atoms with Gasteiger partial charge in [-0.05, 0) is 6.92 Å². The van der Waals surface area contributed by atoms with E-state index in [-0.39, 0.29) is 0 Å². The summed E-state index contributed by atoms with van der Waals surface area (Å²) in [5.41, 5.74) is -5.60. The van der Waals surface area contributed by atoms with E-state index in [9.17, 15) is 35.1 Å². The number of allylic oxidation sites excluding steroid dienone is 2. The fraction of sp³-hybridized carbons (Fsp3) is 0.600. The van der Waals surface area contributed by atoms with Crippen molar-refractivity contribution in [3.63, 3.8) is 0 Å². The Hall–Kier alpha value is -1.28. The van der Waals surface area contributed by atoms with Gasteiger partial charge in [0.2, 0.25) is 0 Å². The molecule has 0 spiro atoms. The fourth-order valence-electron chi connectivity index (χ4n) is 1.43. The minimum atomic E-state index is -5.52. The molecule has 1 saturated carbocycles. The van der Waals surface area contributed by atoms with Crippen molar-refractivity contribution in [1.29, 1.82) is 0 Å². The molecule has 0 atom stereocenters. The molecule has 0 unspecified atom stereocenters. The molecule has 1 rings (SSSR count). The molecule has 19 heavy (non-hydrogen) atoms. The molecule has 0 aromatic carbocycles. The van der Waals surface area contributed by atoms with Crippen LogP contribution in [-0.4, -0.2) is 30.3 Å². The molecule has 1 aliphatic rings. The van der Waals surface area contributed by atoms with Gasteiger partial charge in [-0.2, -0.15) is 35.1 Å². The molecule has 0 aromatic heterocycles. The predicted molar refractivity (Wildman–Crippen MR) is 48.6 cm³/mol. The summed E-state index contributed by atoms with van der Waals surface area (Å²) in [7, 11) is 0. The lowest BCUT2D eigenvalue weighted by Gasteiger charge is -2.43. The van der Waals surface area contributed by atoms with Crippen LogP contribution in [0.4, 0.5) is 35.1 Å². The van der Waals surface area contributed by atoms with Gasteiger partial charge in [-0.1, -0.05) is 6.58 Å². The lowest BCUT2D eigenvalue weighted by atomic mass is 9.79. The number of rotatable bonds is 2. The van der Waals surface area contributed by atoms with E-state index in [1.54, 1.807) is 0 Å². The third-order valence-corrected chi connectivity index (χ3v) is 2.59. The predicted octanol–water partition coefficient (Wildman–Crippen LogP) is 4.02. The average molecular weight is 296 g/mol. The molecule has 0 bridgehead atoms. The lowest BCUT2D eigenvalue weighted by Crippen LogP contribution is -2.63. The molecule has 0 N–H and O–H groups in total. The smallest absolute Gasteiger partial charge is 0.344 e. The van der Waals surface area contributed by atoms with Gasteiger partial charge in [0.05, 0.1) is 18.4 Å². The minimum Gasteiger partial charge on any atom is -0.501 e. The molecule has 110 valence electrons. The lowest BCUT2D eigenvalue weighted by molar-refractivity contribution is -0.270. The second-order valence-electron chi connectivity index (χ2n) is 3.76. The van der Waals surface area contributed by atoms with E-state index < -0.39 is 47.7 Å². The third-order valence-electron chi connectivity index (χ3n) is 2.59. The Balaban J connectivity index is 3.55. The first-order valence-electron chi connectivity index (χ1n) is 4.89. The Morgan fingerprint density at radius 1 is 0.895 bits per heavy atom. The molecule has 0 aliphatic heterocycles. The number of ether oxygens (including phenoxy) is 1. The van der Waals surface area contributed by atoms with E-state index in [1.807, 2.05) is 6.58 Å². The zero-order valence-electron chi connectivity index (χ0n) is 9.42. The first-order chi connectivity index (χ1) is 8.35. The Morgan fingerprint density at radius 3 is 1.58 bits per heavy atom. The summed E-state index contributed by atoms with van der Waals surface area (Å²) >= 11 is 0. The van der Waals surface area contributed by atoms with Crippen molar-refractivity contribution in [2.75, 3.05) is 6.61 Å². The topological polar surface area (TPSA) is 9.23 Å². The van der Waals surface area contributed by atoms with Crippen LogP contribution in [0.2, 0.25) is 0 Å². The molecular formula is C10H8F8O. The highest BCUT2D eigenvalue weighted by molar-refractivity contribution is 5.43. The maximum atomic E-state index is 13.3. The molecule has 1 fully saturated rings. The summed E-state index contributed by atoms with van der Waals surface area (Å²) in [5, 5.41) is 0. The van der Waals surface area contributed by atoms with Crippen molar-refractivity contribution in [1.82, 2.24) is 0 Å². The second-order valence-corrected chi connectivity index (χ2v) is 3.76. The maximum absolute atomic E-state index is 13.3. The molecule has 0 heterocycles. The van der Waals surface area contributed by atoms with E-state index in [0.29, 0.717) is 0 Å². The SMILES string of the molecule is C=C1C(F)(F)C(F)(F)C(=COCC)C(F)(F)C1(F)F. The first-order valence-corrected chi connectivity index (χ1v) is 4.89. The zero-order valence-corrected chi connectivity index (χ0v) is 9.42. The van der Waals surface area contributed by atoms with Gasteiger partial charge in [-0.25, -0.2) is 0 Å². The van der Waals surface area contributed by atoms with Crippen LogP contribution in [-0.2, 0) is 4.74 Å². The van der Waals surface area contributed by atoms with Crippen LogP contribution in [0.25, 0.3) is 0 Å². The summed E-state index contributed by atoms with van der Waals surface area (Å²) in [6.07, 6.45) is -0.450. The van der Waals surface area contributed by atoms with Gasteiger partial charge in [-0.3, -0.25) is 0 Å². The van der Waals surface area contributed by atoms with E-state index >= 15 is 0 Å². The number of alkyl halides is 8. The molecule has 0 saturated heterocycles. The van der Waals surface area contributed by atoms with Crippen molar-refractivity contribution in [2.24, 2.45) is 0 Å².